The third-order valence-electron chi connectivity index (χ3n) is 5.27. The fourth-order valence-corrected chi connectivity index (χ4v) is 3.86. The van der Waals surface area contributed by atoms with Gasteiger partial charge in [-0.3, -0.25) is 9.78 Å². The number of para-hydroxylation sites is 1. The lowest BCUT2D eigenvalue weighted by Gasteiger charge is -2.17. The molecule has 142 valence electrons. The second kappa shape index (κ2) is 7.02. The van der Waals surface area contributed by atoms with Crippen LogP contribution in [-0.4, -0.2) is 21.5 Å². The van der Waals surface area contributed by atoms with Crippen LogP contribution in [0.1, 0.15) is 22.3 Å². The summed E-state index contributed by atoms with van der Waals surface area (Å²) in [6.07, 6.45) is 6.59. The molecule has 5 heteroatoms. The molecule has 29 heavy (non-hydrogen) atoms. The lowest BCUT2D eigenvalue weighted by molar-refractivity contribution is 0.938. The molecule has 5 nitrogen and oxygen atoms in total. The Morgan fingerprint density at radius 1 is 1.07 bits per heavy atom. The number of hydrogen-bond acceptors (Lipinski definition) is 4. The molecule has 2 aromatic carbocycles. The van der Waals surface area contributed by atoms with E-state index in [1.54, 1.807) is 6.20 Å². The van der Waals surface area contributed by atoms with Crippen LogP contribution >= 0.6 is 0 Å². The number of aryl methyl sites for hydroxylation is 1. The van der Waals surface area contributed by atoms with Crippen LogP contribution in [0.5, 0.6) is 0 Å². The Bertz CT molecular complexity index is 1310. The molecular weight excluding hydrogens is 360 g/mol. The van der Waals surface area contributed by atoms with Crippen LogP contribution in [-0.2, 0) is 6.42 Å². The Kier molecular flexibility index (Phi) is 4.21. The number of H-pyrrole nitrogens is 1. The van der Waals surface area contributed by atoms with Gasteiger partial charge in [-0.15, -0.1) is 0 Å². The van der Waals surface area contributed by atoms with Crippen molar-refractivity contribution in [3.05, 3.63) is 93.4 Å². The Morgan fingerprint density at radius 3 is 2.86 bits per heavy atom. The van der Waals surface area contributed by atoms with Gasteiger partial charge in [0.2, 0.25) is 5.95 Å². The molecule has 1 aliphatic rings. The highest BCUT2D eigenvalue weighted by molar-refractivity contribution is 5.88. The highest BCUT2D eigenvalue weighted by Gasteiger charge is 2.22. The van der Waals surface area contributed by atoms with Crippen LogP contribution in [0, 0.1) is 6.92 Å². The van der Waals surface area contributed by atoms with Crippen LogP contribution in [0.4, 0.5) is 11.6 Å². The molecule has 0 bridgehead atoms. The van der Waals surface area contributed by atoms with Crippen molar-refractivity contribution in [3.63, 3.8) is 0 Å². The number of fused-ring (bicyclic) bond motifs is 2. The van der Waals surface area contributed by atoms with E-state index in [0.717, 1.165) is 29.8 Å². The largest absolute Gasteiger partial charge is 0.311 e. The van der Waals surface area contributed by atoms with Crippen molar-refractivity contribution >= 4 is 34.8 Å². The average Bonchev–Trinajstić information content (AvgIpc) is 3.16. The number of hydrogen-bond donors (Lipinski definition) is 1. The van der Waals surface area contributed by atoms with Gasteiger partial charge in [0.25, 0.3) is 5.56 Å². The number of benzene rings is 2. The summed E-state index contributed by atoms with van der Waals surface area (Å²) in [5, 5.41) is 0.507. The van der Waals surface area contributed by atoms with Gasteiger partial charge in [-0.2, -0.15) is 4.98 Å². The van der Waals surface area contributed by atoms with E-state index in [0.29, 0.717) is 17.0 Å². The fraction of sp³-hybridized carbons (Fsp3) is 0.125. The van der Waals surface area contributed by atoms with Crippen LogP contribution in [0.3, 0.4) is 0 Å². The van der Waals surface area contributed by atoms with E-state index in [1.807, 2.05) is 47.4 Å². The molecule has 0 amide bonds. The Morgan fingerprint density at radius 2 is 1.97 bits per heavy atom. The van der Waals surface area contributed by atoms with Crippen LogP contribution < -0.4 is 10.5 Å². The maximum atomic E-state index is 13.0. The van der Waals surface area contributed by atoms with Crippen molar-refractivity contribution in [2.24, 2.45) is 0 Å². The van der Waals surface area contributed by atoms with Crippen molar-refractivity contribution in [2.45, 2.75) is 13.3 Å². The summed E-state index contributed by atoms with van der Waals surface area (Å²) in [4.78, 5) is 27.0. The van der Waals surface area contributed by atoms with Gasteiger partial charge in [-0.1, -0.05) is 60.2 Å². The average molecular weight is 380 g/mol. The molecule has 0 saturated heterocycles. The zero-order chi connectivity index (χ0) is 19.8. The van der Waals surface area contributed by atoms with Crippen LogP contribution in [0.25, 0.3) is 23.2 Å². The smallest absolute Gasteiger partial charge is 0.262 e. The Balaban J connectivity index is 1.57. The molecule has 5 rings (SSSR count). The highest BCUT2D eigenvalue weighted by atomic mass is 16.1. The van der Waals surface area contributed by atoms with Gasteiger partial charge in [-0.05, 0) is 42.2 Å². The number of anilines is 2. The SMILES string of the molecule is Cc1cccc(/C=C/c2ccnc3nc(N4CCc5ccccc54)[nH]c(=O)c23)c1. The van der Waals surface area contributed by atoms with E-state index in [9.17, 15) is 4.79 Å². The first-order valence-corrected chi connectivity index (χ1v) is 9.68. The van der Waals surface area contributed by atoms with Crippen molar-refractivity contribution in [1.29, 1.82) is 0 Å². The molecule has 3 heterocycles. The molecule has 4 aromatic rings. The Hall–Kier alpha value is -3.73. The minimum Gasteiger partial charge on any atom is -0.311 e. The first-order valence-electron chi connectivity index (χ1n) is 9.68. The number of rotatable bonds is 3. The normalized spacial score (nSPS) is 13.3. The van der Waals surface area contributed by atoms with Crippen LogP contribution in [0.2, 0.25) is 0 Å². The highest BCUT2D eigenvalue weighted by Crippen LogP contribution is 2.32. The summed E-state index contributed by atoms with van der Waals surface area (Å²) in [6.45, 7) is 2.85. The summed E-state index contributed by atoms with van der Waals surface area (Å²) in [5.41, 5.74) is 5.72. The molecular formula is C24H20N4O. The molecule has 1 N–H and O–H groups in total. The summed E-state index contributed by atoms with van der Waals surface area (Å²) >= 11 is 0. The standard InChI is InChI=1S/C24H20N4O/c1-16-5-4-6-17(15-16)9-10-19-11-13-25-22-21(19)23(29)27-24(26-22)28-14-12-18-7-2-3-8-20(18)28/h2-11,13,15H,12,14H2,1H3,(H,25,26,27,29)/b10-9+. The Labute approximate surface area is 168 Å². The van der Waals surface area contributed by atoms with Crippen molar-refractivity contribution < 1.29 is 0 Å². The molecule has 0 atom stereocenters. The van der Waals surface area contributed by atoms with Crippen molar-refractivity contribution in [1.82, 2.24) is 15.0 Å². The molecule has 0 aliphatic carbocycles. The number of nitrogens with zero attached hydrogens (tertiary/aromatic N) is 3. The van der Waals surface area contributed by atoms with Gasteiger partial charge in [0, 0.05) is 18.4 Å². The summed E-state index contributed by atoms with van der Waals surface area (Å²) in [7, 11) is 0. The molecule has 2 aromatic heterocycles. The third kappa shape index (κ3) is 3.21. The maximum Gasteiger partial charge on any atom is 0.262 e. The van der Waals surface area contributed by atoms with E-state index in [1.165, 1.54) is 11.1 Å². The molecule has 1 aliphatic heterocycles. The topological polar surface area (TPSA) is 61.9 Å². The number of aromatic nitrogens is 3. The van der Waals surface area contributed by atoms with Crippen molar-refractivity contribution in [2.75, 3.05) is 11.4 Å². The molecule has 0 spiro atoms. The van der Waals surface area contributed by atoms with Gasteiger partial charge < -0.3 is 4.90 Å². The van der Waals surface area contributed by atoms with E-state index in [2.05, 4.69) is 46.1 Å². The second-order valence-corrected chi connectivity index (χ2v) is 7.27. The lowest BCUT2D eigenvalue weighted by atomic mass is 10.1. The number of pyridine rings is 1. The summed E-state index contributed by atoms with van der Waals surface area (Å²) in [5.74, 6) is 0.541. The van der Waals surface area contributed by atoms with E-state index in [-0.39, 0.29) is 5.56 Å². The molecule has 0 saturated carbocycles. The maximum absolute atomic E-state index is 13.0. The van der Waals surface area contributed by atoms with Gasteiger partial charge >= 0.3 is 0 Å². The van der Waals surface area contributed by atoms with E-state index < -0.39 is 0 Å². The third-order valence-corrected chi connectivity index (χ3v) is 5.27. The zero-order valence-corrected chi connectivity index (χ0v) is 16.1. The van der Waals surface area contributed by atoms with Gasteiger partial charge in [0.15, 0.2) is 5.65 Å². The predicted molar refractivity (Wildman–Crippen MR) is 117 cm³/mol. The zero-order valence-electron chi connectivity index (χ0n) is 16.1. The number of nitrogens with one attached hydrogen (secondary N) is 1. The van der Waals surface area contributed by atoms with Gasteiger partial charge in [0.05, 0.1) is 5.39 Å². The summed E-state index contributed by atoms with van der Waals surface area (Å²) < 4.78 is 0. The minimum atomic E-state index is -0.175. The van der Waals surface area contributed by atoms with Crippen LogP contribution in [0.15, 0.2) is 65.6 Å². The van der Waals surface area contributed by atoms with E-state index in [4.69, 9.17) is 0 Å². The quantitative estimate of drug-likeness (QED) is 0.569. The molecule has 0 unspecified atom stereocenters. The molecule has 0 radical (unpaired) electrons. The lowest BCUT2D eigenvalue weighted by Crippen LogP contribution is -2.21. The van der Waals surface area contributed by atoms with Crippen molar-refractivity contribution in [3.8, 4) is 0 Å². The van der Waals surface area contributed by atoms with Gasteiger partial charge in [-0.25, -0.2) is 4.98 Å². The molecule has 0 fully saturated rings. The number of aromatic amines is 1. The second-order valence-electron chi connectivity index (χ2n) is 7.27. The van der Waals surface area contributed by atoms with Gasteiger partial charge in [0.1, 0.15) is 0 Å². The van der Waals surface area contributed by atoms with E-state index >= 15 is 0 Å². The first-order chi connectivity index (χ1) is 14.2. The summed E-state index contributed by atoms with van der Waals surface area (Å²) in [6, 6.07) is 18.3. The predicted octanol–water partition coefficient (Wildman–Crippen LogP) is 4.49. The first kappa shape index (κ1) is 17.4. The fourth-order valence-electron chi connectivity index (χ4n) is 3.86. The monoisotopic (exact) mass is 380 g/mol. The minimum absolute atomic E-state index is 0.175.